The Balaban J connectivity index is 0.000000215. The summed E-state index contributed by atoms with van der Waals surface area (Å²) >= 11 is 0. The summed E-state index contributed by atoms with van der Waals surface area (Å²) in [5.74, 6) is -2.79. The molecule has 0 aliphatic carbocycles. The molecule has 5 amide bonds. The van der Waals surface area contributed by atoms with Crippen molar-refractivity contribution < 1.29 is 41.2 Å². The third kappa shape index (κ3) is 13.1. The fraction of sp³-hybridized carbons (Fsp3) is 0.378. The average Bonchev–Trinajstić information content (AvgIpc) is 3.81. The number of hydrogen-bond donors (Lipinski definition) is 1. The summed E-state index contributed by atoms with van der Waals surface area (Å²) in [5.41, 5.74) is 5.42. The number of amides is 5. The van der Waals surface area contributed by atoms with Crippen LogP contribution < -0.4 is 15.1 Å². The largest absolute Gasteiger partial charge is 0.415 e. The van der Waals surface area contributed by atoms with Crippen molar-refractivity contribution in [3.05, 3.63) is 119 Å². The Bertz CT molecular complexity index is 2390. The molecule has 7 rings (SSSR count). The standard InChI is InChI=1S/C23H27F2N5O3.C22H24F2N6O2/c1-16-4-3-5-19(12-16)30(23(33)29-10-8-28(2)9-11-29)15-18-7-6-17(13-26-18)20(31)14-27-22(32)21(24)25;1-15-4-3-5-18(12-15)30(22(31)29-10-8-28(2)9-11-29)14-17-7-6-16(13-25-17)20-26-27-21(32-20)19(23)24/h3-7,12-13,21H,8-11,14-15H2,1-2H3,(H,27,32);3-7,12-13,19H,8-11,14H2,1-2H3. The molecule has 0 radical (unpaired) electrons. The molecule has 0 bridgehead atoms. The van der Waals surface area contributed by atoms with E-state index in [0.29, 0.717) is 43.1 Å². The van der Waals surface area contributed by atoms with Crippen LogP contribution in [0.5, 0.6) is 0 Å². The number of benzene rings is 2. The Morgan fingerprint density at radius 2 is 1.18 bits per heavy atom. The molecule has 344 valence electrons. The smallest absolute Gasteiger partial charge is 0.324 e. The van der Waals surface area contributed by atoms with E-state index in [1.165, 1.54) is 18.5 Å². The number of alkyl halides is 4. The van der Waals surface area contributed by atoms with Gasteiger partial charge in [-0.05, 0) is 87.6 Å². The van der Waals surface area contributed by atoms with Crippen LogP contribution in [0.15, 0.2) is 89.6 Å². The van der Waals surface area contributed by atoms with Crippen molar-refractivity contribution in [1.82, 2.24) is 45.1 Å². The fourth-order valence-electron chi connectivity index (χ4n) is 6.90. The summed E-state index contributed by atoms with van der Waals surface area (Å²) in [6.45, 7) is 9.67. The summed E-state index contributed by atoms with van der Waals surface area (Å²) in [6.07, 6.45) is -3.20. The number of halogens is 4. The van der Waals surface area contributed by atoms with Gasteiger partial charge in [0.25, 0.3) is 11.8 Å². The molecule has 2 fully saturated rings. The molecule has 65 heavy (non-hydrogen) atoms. The number of ketones is 1. The molecular weight excluding hydrogens is 851 g/mol. The third-order valence-electron chi connectivity index (χ3n) is 10.7. The van der Waals surface area contributed by atoms with Gasteiger partial charge in [0.05, 0.1) is 36.6 Å². The minimum absolute atomic E-state index is 0.0246. The zero-order valence-corrected chi connectivity index (χ0v) is 36.5. The highest BCUT2D eigenvalue weighted by atomic mass is 19.3. The fourth-order valence-corrected chi connectivity index (χ4v) is 6.90. The number of Topliss-reactive ketones (excluding diaryl/α,β-unsaturated/α-hetero) is 1. The van der Waals surface area contributed by atoms with E-state index in [9.17, 15) is 36.7 Å². The molecule has 0 unspecified atom stereocenters. The number of aromatic nitrogens is 4. The number of nitrogens with zero attached hydrogens (tertiary/aromatic N) is 10. The number of aryl methyl sites for hydroxylation is 2. The number of nitrogens with one attached hydrogen (secondary N) is 1. The van der Waals surface area contributed by atoms with Gasteiger partial charge in [0, 0.05) is 81.7 Å². The van der Waals surface area contributed by atoms with E-state index in [-0.39, 0.29) is 36.6 Å². The molecule has 0 saturated carbocycles. The topological polar surface area (TPSA) is 164 Å². The minimum Gasteiger partial charge on any atom is -0.415 e. The van der Waals surface area contributed by atoms with Crippen molar-refractivity contribution in [2.75, 3.05) is 82.8 Å². The first kappa shape index (κ1) is 47.7. The maximum Gasteiger partial charge on any atom is 0.324 e. The van der Waals surface area contributed by atoms with E-state index < -0.39 is 37.0 Å². The van der Waals surface area contributed by atoms with Gasteiger partial charge in [-0.3, -0.25) is 29.4 Å². The quantitative estimate of drug-likeness (QED) is 0.114. The zero-order chi connectivity index (χ0) is 46.6. The van der Waals surface area contributed by atoms with E-state index in [4.69, 9.17) is 4.42 Å². The summed E-state index contributed by atoms with van der Waals surface area (Å²) in [4.78, 5) is 69.9. The van der Waals surface area contributed by atoms with Gasteiger partial charge in [-0.15, -0.1) is 10.2 Å². The molecule has 5 aromatic rings. The highest BCUT2D eigenvalue weighted by molar-refractivity contribution is 5.99. The number of anilines is 2. The molecule has 1 N–H and O–H groups in total. The van der Waals surface area contributed by atoms with Crippen LogP contribution >= 0.6 is 0 Å². The van der Waals surface area contributed by atoms with Crippen LogP contribution in [0, 0.1) is 13.8 Å². The van der Waals surface area contributed by atoms with Gasteiger partial charge in [0.1, 0.15) is 0 Å². The third-order valence-corrected chi connectivity index (χ3v) is 10.7. The first-order valence-electron chi connectivity index (χ1n) is 20.9. The maximum atomic E-state index is 13.4. The Morgan fingerprint density at radius 1 is 0.677 bits per heavy atom. The molecule has 20 heteroatoms. The molecule has 16 nitrogen and oxygen atoms in total. The number of piperazine rings is 2. The van der Waals surface area contributed by atoms with Crippen molar-refractivity contribution in [3.63, 3.8) is 0 Å². The highest BCUT2D eigenvalue weighted by Crippen LogP contribution is 2.25. The van der Waals surface area contributed by atoms with Crippen LogP contribution in [0.3, 0.4) is 0 Å². The molecular formula is C45H51F4N11O5. The van der Waals surface area contributed by atoms with Crippen LogP contribution in [0.25, 0.3) is 11.5 Å². The van der Waals surface area contributed by atoms with Crippen LogP contribution in [0.1, 0.15) is 45.2 Å². The molecule has 2 aliphatic rings. The SMILES string of the molecule is Cc1cccc(N(Cc2ccc(-c3nnc(C(F)F)o3)cn2)C(=O)N2CCN(C)CC2)c1.Cc1cccc(N(Cc2ccc(C(=O)CNC(=O)C(F)F)cn2)C(=O)N2CCN(C)CC2)c1. The average molecular weight is 902 g/mol. The van der Waals surface area contributed by atoms with Crippen LogP contribution in [-0.2, 0) is 17.9 Å². The lowest BCUT2D eigenvalue weighted by Crippen LogP contribution is -2.52. The van der Waals surface area contributed by atoms with E-state index in [2.05, 4.69) is 30.0 Å². The predicted molar refractivity (Wildman–Crippen MR) is 234 cm³/mol. The zero-order valence-electron chi connectivity index (χ0n) is 36.5. The molecule has 5 heterocycles. The lowest BCUT2D eigenvalue weighted by molar-refractivity contribution is -0.131. The summed E-state index contributed by atoms with van der Waals surface area (Å²) in [5, 5.41) is 8.85. The Labute approximate surface area is 373 Å². The van der Waals surface area contributed by atoms with Crippen molar-refractivity contribution in [2.24, 2.45) is 0 Å². The van der Waals surface area contributed by atoms with Crippen LogP contribution in [0.4, 0.5) is 38.5 Å². The number of hydrogen-bond acceptors (Lipinski definition) is 11. The van der Waals surface area contributed by atoms with Gasteiger partial charge in [0.2, 0.25) is 5.89 Å². The van der Waals surface area contributed by atoms with Crippen molar-refractivity contribution in [3.8, 4) is 11.5 Å². The lowest BCUT2D eigenvalue weighted by Gasteiger charge is -2.36. The second-order valence-corrected chi connectivity index (χ2v) is 15.8. The number of carbonyl (C=O) groups excluding carboxylic acids is 4. The molecule has 2 aliphatic heterocycles. The van der Waals surface area contributed by atoms with Crippen LogP contribution in [0.2, 0.25) is 0 Å². The molecule has 2 aromatic carbocycles. The Morgan fingerprint density at radius 3 is 1.60 bits per heavy atom. The second-order valence-electron chi connectivity index (χ2n) is 15.8. The summed E-state index contributed by atoms with van der Waals surface area (Å²) < 4.78 is 54.9. The molecule has 0 spiro atoms. The van der Waals surface area contributed by atoms with Gasteiger partial charge in [-0.2, -0.15) is 17.6 Å². The number of rotatable bonds is 12. The number of urea groups is 2. The van der Waals surface area contributed by atoms with E-state index in [0.717, 1.165) is 48.7 Å². The summed E-state index contributed by atoms with van der Waals surface area (Å²) in [7, 11) is 4.06. The van der Waals surface area contributed by atoms with Crippen LogP contribution in [-0.4, -0.2) is 143 Å². The molecule has 3 aromatic heterocycles. The van der Waals surface area contributed by atoms with E-state index in [1.54, 1.807) is 28.0 Å². The number of carbonyl (C=O) groups is 4. The van der Waals surface area contributed by atoms with Crippen molar-refractivity contribution in [2.45, 2.75) is 39.8 Å². The number of likely N-dealkylation sites (N-methyl/N-ethyl adjacent to an activating group) is 2. The Kier molecular flexibility index (Phi) is 16.3. The number of pyridine rings is 2. The minimum atomic E-state index is -3.18. The van der Waals surface area contributed by atoms with Crippen molar-refractivity contribution >= 4 is 35.1 Å². The highest BCUT2D eigenvalue weighted by Gasteiger charge is 2.28. The van der Waals surface area contributed by atoms with Gasteiger partial charge >= 0.3 is 24.9 Å². The van der Waals surface area contributed by atoms with Crippen molar-refractivity contribution in [1.29, 1.82) is 0 Å². The lowest BCUT2D eigenvalue weighted by atomic mass is 10.1. The molecule has 2 saturated heterocycles. The second kappa shape index (κ2) is 22.2. The van der Waals surface area contributed by atoms with Gasteiger partial charge in [-0.1, -0.05) is 24.3 Å². The normalized spacial score (nSPS) is 14.5. The van der Waals surface area contributed by atoms with E-state index in [1.807, 2.05) is 91.6 Å². The summed E-state index contributed by atoms with van der Waals surface area (Å²) in [6, 6.07) is 21.7. The van der Waals surface area contributed by atoms with E-state index >= 15 is 0 Å². The Hall–Kier alpha value is -6.80. The predicted octanol–water partition coefficient (Wildman–Crippen LogP) is 6.08. The van der Waals surface area contributed by atoms with Gasteiger partial charge < -0.3 is 29.3 Å². The first-order chi connectivity index (χ1) is 31.1. The van der Waals surface area contributed by atoms with Gasteiger partial charge in [0.15, 0.2) is 5.78 Å². The molecule has 0 atom stereocenters. The van der Waals surface area contributed by atoms with Gasteiger partial charge in [-0.25, -0.2) is 9.59 Å². The maximum absolute atomic E-state index is 13.4. The monoisotopic (exact) mass is 901 g/mol. The first-order valence-corrected chi connectivity index (χ1v) is 20.9.